The van der Waals surface area contributed by atoms with Crippen molar-refractivity contribution >= 4 is 10.0 Å². The zero-order valence-corrected chi connectivity index (χ0v) is 13.6. The van der Waals surface area contributed by atoms with Crippen molar-refractivity contribution in [3.05, 3.63) is 18.0 Å². The van der Waals surface area contributed by atoms with E-state index in [1.165, 1.54) is 0 Å². The minimum absolute atomic E-state index is 0.0872. The van der Waals surface area contributed by atoms with Gasteiger partial charge in [-0.05, 0) is 38.8 Å². The Bertz CT molecular complexity index is 565. The highest BCUT2D eigenvalue weighted by Gasteiger charge is 2.34. The molecule has 1 aliphatic heterocycles. The predicted molar refractivity (Wildman–Crippen MR) is 79.9 cm³/mol. The summed E-state index contributed by atoms with van der Waals surface area (Å²) < 4.78 is 29.2. The molecule has 20 heavy (non-hydrogen) atoms. The lowest BCUT2D eigenvalue weighted by molar-refractivity contribution is 0.218. The van der Waals surface area contributed by atoms with Crippen molar-refractivity contribution < 1.29 is 8.42 Å². The molecule has 0 spiro atoms. The summed E-state index contributed by atoms with van der Waals surface area (Å²) in [7, 11) is 0.360. The van der Waals surface area contributed by atoms with Crippen molar-refractivity contribution in [1.82, 2.24) is 14.2 Å². The van der Waals surface area contributed by atoms with E-state index in [1.807, 2.05) is 25.6 Å². The molecule has 6 heteroatoms. The first-order valence-electron chi connectivity index (χ1n) is 7.18. The van der Waals surface area contributed by atoms with Gasteiger partial charge in [-0.1, -0.05) is 6.92 Å². The molecule has 2 atom stereocenters. The first kappa shape index (κ1) is 15.5. The second-order valence-corrected chi connectivity index (χ2v) is 7.81. The number of aryl methyl sites for hydroxylation is 1. The highest BCUT2D eigenvalue weighted by Crippen LogP contribution is 2.28. The van der Waals surface area contributed by atoms with Crippen LogP contribution in [0.5, 0.6) is 0 Å². The molecule has 0 radical (unpaired) electrons. The summed E-state index contributed by atoms with van der Waals surface area (Å²) in [5, 5.41) is 3.06. The van der Waals surface area contributed by atoms with Gasteiger partial charge >= 0.3 is 0 Å². The first-order valence-corrected chi connectivity index (χ1v) is 8.62. The normalized spacial score (nSPS) is 25.0. The minimum Gasteiger partial charge on any atom is -0.352 e. The molecular weight excluding hydrogens is 274 g/mol. The van der Waals surface area contributed by atoms with Gasteiger partial charge in [-0.15, -0.1) is 0 Å². The summed E-state index contributed by atoms with van der Waals surface area (Å²) in [6.07, 6.45) is 3.76. The van der Waals surface area contributed by atoms with Crippen molar-refractivity contribution in [2.24, 2.45) is 13.0 Å². The largest absolute Gasteiger partial charge is 0.352 e. The number of rotatable bonds is 4. The Morgan fingerprint density at radius 1 is 1.35 bits per heavy atom. The molecule has 1 aromatic rings. The smallest absolute Gasteiger partial charge is 0.244 e. The lowest BCUT2D eigenvalue weighted by Gasteiger charge is -2.35. The van der Waals surface area contributed by atoms with Crippen LogP contribution in [0.4, 0.5) is 0 Å². The van der Waals surface area contributed by atoms with Gasteiger partial charge in [-0.25, -0.2) is 8.42 Å². The van der Waals surface area contributed by atoms with Crippen LogP contribution >= 0.6 is 0 Å². The Labute approximate surface area is 122 Å². The van der Waals surface area contributed by atoms with E-state index in [1.54, 1.807) is 16.6 Å². The molecule has 0 aliphatic carbocycles. The number of piperidine rings is 1. The molecule has 0 aromatic carbocycles. The lowest BCUT2D eigenvalue weighted by Crippen LogP contribution is -2.44. The fourth-order valence-electron chi connectivity index (χ4n) is 2.79. The van der Waals surface area contributed by atoms with Gasteiger partial charge in [0, 0.05) is 38.1 Å². The number of nitrogens with zero attached hydrogens (tertiary/aromatic N) is 2. The summed E-state index contributed by atoms with van der Waals surface area (Å²) >= 11 is 0. The summed E-state index contributed by atoms with van der Waals surface area (Å²) in [6, 6.07) is 1.86. The first-order chi connectivity index (χ1) is 9.36. The van der Waals surface area contributed by atoms with E-state index >= 15 is 0 Å². The average molecular weight is 299 g/mol. The number of hydrogen-bond acceptors (Lipinski definition) is 3. The third-order valence-corrected chi connectivity index (χ3v) is 6.05. The SMILES string of the molecule is CNCc1cc(S(=O)(=O)N2CC(C)CCC2C)cn1C. The third kappa shape index (κ3) is 2.92. The van der Waals surface area contributed by atoms with Gasteiger partial charge in [0.2, 0.25) is 10.0 Å². The van der Waals surface area contributed by atoms with Crippen LogP contribution in [0.15, 0.2) is 17.2 Å². The molecule has 0 amide bonds. The zero-order valence-electron chi connectivity index (χ0n) is 12.8. The molecule has 1 fully saturated rings. The number of aromatic nitrogens is 1. The highest BCUT2D eigenvalue weighted by atomic mass is 32.2. The van der Waals surface area contributed by atoms with Crippen LogP contribution in [0.3, 0.4) is 0 Å². The average Bonchev–Trinajstić information content (AvgIpc) is 2.75. The Kier molecular flexibility index (Phi) is 4.56. The number of hydrogen-bond donors (Lipinski definition) is 1. The van der Waals surface area contributed by atoms with Crippen LogP contribution in [0, 0.1) is 5.92 Å². The van der Waals surface area contributed by atoms with Crippen LogP contribution in [-0.4, -0.2) is 36.9 Å². The second-order valence-electron chi connectivity index (χ2n) is 5.91. The Morgan fingerprint density at radius 2 is 2.05 bits per heavy atom. The standard InChI is InChI=1S/C14H25N3O2S/c1-11-5-6-12(2)17(9-11)20(18,19)14-7-13(8-15-3)16(4)10-14/h7,10-12,15H,5-6,8-9H2,1-4H3. The maximum absolute atomic E-state index is 12.8. The van der Waals surface area contributed by atoms with Crippen molar-refractivity contribution in [2.45, 2.75) is 44.2 Å². The molecule has 1 N–H and O–H groups in total. The zero-order chi connectivity index (χ0) is 14.9. The Hall–Kier alpha value is -0.850. The summed E-state index contributed by atoms with van der Waals surface area (Å²) in [6.45, 7) is 5.41. The molecule has 1 aliphatic rings. The van der Waals surface area contributed by atoms with E-state index in [9.17, 15) is 8.42 Å². The molecule has 1 aromatic heterocycles. The van der Waals surface area contributed by atoms with E-state index in [4.69, 9.17) is 0 Å². The molecule has 0 bridgehead atoms. The van der Waals surface area contributed by atoms with Crippen LogP contribution < -0.4 is 5.32 Å². The Morgan fingerprint density at radius 3 is 2.70 bits per heavy atom. The van der Waals surface area contributed by atoms with Gasteiger partial charge in [0.15, 0.2) is 0 Å². The summed E-state index contributed by atoms with van der Waals surface area (Å²) in [4.78, 5) is 0.409. The molecule has 1 saturated heterocycles. The molecule has 114 valence electrons. The van der Waals surface area contributed by atoms with Crippen molar-refractivity contribution in [1.29, 1.82) is 0 Å². The van der Waals surface area contributed by atoms with Crippen LogP contribution in [0.2, 0.25) is 0 Å². The number of sulfonamides is 1. The second kappa shape index (κ2) is 5.87. The maximum Gasteiger partial charge on any atom is 0.244 e. The van der Waals surface area contributed by atoms with Crippen LogP contribution in [0.1, 0.15) is 32.4 Å². The van der Waals surface area contributed by atoms with E-state index in [-0.39, 0.29) is 6.04 Å². The van der Waals surface area contributed by atoms with Crippen LogP contribution in [0.25, 0.3) is 0 Å². The van der Waals surface area contributed by atoms with Gasteiger partial charge in [0.1, 0.15) is 4.90 Å². The minimum atomic E-state index is -3.38. The topological polar surface area (TPSA) is 54.3 Å². The summed E-state index contributed by atoms with van der Waals surface area (Å²) in [5.74, 6) is 0.432. The van der Waals surface area contributed by atoms with Gasteiger partial charge < -0.3 is 9.88 Å². The quantitative estimate of drug-likeness (QED) is 0.918. The fourth-order valence-corrected chi connectivity index (χ4v) is 4.67. The molecule has 0 saturated carbocycles. The van der Waals surface area contributed by atoms with Gasteiger partial charge in [-0.2, -0.15) is 4.31 Å². The van der Waals surface area contributed by atoms with Gasteiger partial charge in [0.25, 0.3) is 0 Å². The van der Waals surface area contributed by atoms with Gasteiger partial charge in [0.05, 0.1) is 0 Å². The van der Waals surface area contributed by atoms with Crippen LogP contribution in [-0.2, 0) is 23.6 Å². The lowest BCUT2D eigenvalue weighted by atomic mass is 9.97. The molecule has 2 unspecified atom stereocenters. The molecular formula is C14H25N3O2S. The molecule has 5 nitrogen and oxygen atoms in total. The monoisotopic (exact) mass is 299 g/mol. The van der Waals surface area contributed by atoms with Gasteiger partial charge in [-0.3, -0.25) is 0 Å². The molecule has 2 heterocycles. The summed E-state index contributed by atoms with van der Waals surface area (Å²) in [5.41, 5.74) is 0.976. The van der Waals surface area contributed by atoms with Crippen molar-refractivity contribution in [3.8, 4) is 0 Å². The predicted octanol–water partition coefficient (Wildman–Crippen LogP) is 1.55. The fraction of sp³-hybridized carbons (Fsp3) is 0.714. The highest BCUT2D eigenvalue weighted by molar-refractivity contribution is 7.89. The van der Waals surface area contributed by atoms with E-state index in [0.29, 0.717) is 23.9 Å². The van der Waals surface area contributed by atoms with E-state index in [0.717, 1.165) is 18.5 Å². The van der Waals surface area contributed by atoms with E-state index in [2.05, 4.69) is 12.2 Å². The maximum atomic E-state index is 12.8. The third-order valence-electron chi connectivity index (χ3n) is 4.11. The Balaban J connectivity index is 2.31. The van der Waals surface area contributed by atoms with Crippen molar-refractivity contribution in [2.75, 3.05) is 13.6 Å². The number of nitrogens with one attached hydrogen (secondary N) is 1. The molecule has 2 rings (SSSR count). The van der Waals surface area contributed by atoms with E-state index < -0.39 is 10.0 Å². The van der Waals surface area contributed by atoms with Crippen molar-refractivity contribution in [3.63, 3.8) is 0 Å².